The summed E-state index contributed by atoms with van der Waals surface area (Å²) in [6, 6.07) is 2.19. The summed E-state index contributed by atoms with van der Waals surface area (Å²) in [4.78, 5) is 14.7. The first-order valence-corrected chi connectivity index (χ1v) is 7.61. The fourth-order valence-corrected chi connectivity index (χ4v) is 3.40. The van der Waals surface area contributed by atoms with Crippen LogP contribution < -0.4 is 0 Å². The summed E-state index contributed by atoms with van der Waals surface area (Å²) in [7, 11) is 0. The summed E-state index contributed by atoms with van der Waals surface area (Å²) >= 11 is 0. The van der Waals surface area contributed by atoms with Crippen LogP contribution in [0.25, 0.3) is 0 Å². The zero-order valence-electron chi connectivity index (χ0n) is 13.0. The average molecular weight is 278 g/mol. The number of aromatic nitrogens is 1. The average Bonchev–Trinajstić information content (AvgIpc) is 2.93. The van der Waals surface area contributed by atoms with Gasteiger partial charge < -0.3 is 14.6 Å². The summed E-state index contributed by atoms with van der Waals surface area (Å²) < 4.78 is 2.17. The van der Waals surface area contributed by atoms with Gasteiger partial charge in [-0.25, -0.2) is 0 Å². The van der Waals surface area contributed by atoms with Crippen LogP contribution in [0.15, 0.2) is 6.07 Å². The van der Waals surface area contributed by atoms with Gasteiger partial charge in [0, 0.05) is 30.5 Å². The molecule has 1 saturated heterocycles. The van der Waals surface area contributed by atoms with Gasteiger partial charge in [-0.2, -0.15) is 0 Å². The van der Waals surface area contributed by atoms with Gasteiger partial charge in [0.1, 0.15) is 0 Å². The monoisotopic (exact) mass is 278 g/mol. The maximum Gasteiger partial charge on any atom is 0.255 e. The zero-order chi connectivity index (χ0) is 14.9. The Morgan fingerprint density at radius 1 is 1.50 bits per heavy atom. The van der Waals surface area contributed by atoms with Crippen molar-refractivity contribution in [3.05, 3.63) is 23.0 Å². The third kappa shape index (κ3) is 2.75. The SMILES string of the molecule is CCn1c(C)cc(C(=O)N2CCCC2CC(C)O)c1C. The molecule has 1 N–H and O–H groups in total. The predicted octanol–water partition coefficient (Wildman–Crippen LogP) is 2.50. The van der Waals surface area contributed by atoms with Crippen molar-refractivity contribution >= 4 is 5.91 Å². The standard InChI is InChI=1S/C16H26N2O2/c1-5-17-11(2)9-15(13(17)4)16(20)18-8-6-7-14(18)10-12(3)19/h9,12,14,19H,5-8,10H2,1-4H3. The van der Waals surface area contributed by atoms with Crippen molar-refractivity contribution in [1.29, 1.82) is 0 Å². The van der Waals surface area contributed by atoms with Gasteiger partial charge in [-0.3, -0.25) is 4.79 Å². The Morgan fingerprint density at radius 2 is 2.20 bits per heavy atom. The number of amides is 1. The van der Waals surface area contributed by atoms with Gasteiger partial charge in [-0.15, -0.1) is 0 Å². The van der Waals surface area contributed by atoms with Gasteiger partial charge in [0.15, 0.2) is 0 Å². The van der Waals surface area contributed by atoms with Crippen molar-refractivity contribution in [2.75, 3.05) is 6.54 Å². The van der Waals surface area contributed by atoms with Crippen LogP contribution in [0, 0.1) is 13.8 Å². The second-order valence-corrected chi connectivity index (χ2v) is 5.91. The van der Waals surface area contributed by atoms with Crippen LogP contribution in [-0.4, -0.2) is 39.2 Å². The zero-order valence-corrected chi connectivity index (χ0v) is 13.0. The molecule has 0 aliphatic carbocycles. The Hall–Kier alpha value is -1.29. The fraction of sp³-hybridized carbons (Fsp3) is 0.688. The minimum absolute atomic E-state index is 0.126. The van der Waals surface area contributed by atoms with Gasteiger partial charge >= 0.3 is 0 Å². The highest BCUT2D eigenvalue weighted by atomic mass is 16.3. The molecule has 4 nitrogen and oxygen atoms in total. The van der Waals surface area contributed by atoms with E-state index in [9.17, 15) is 9.90 Å². The minimum atomic E-state index is -0.350. The van der Waals surface area contributed by atoms with E-state index in [1.54, 1.807) is 6.92 Å². The molecule has 2 atom stereocenters. The number of hydrogen-bond donors (Lipinski definition) is 1. The summed E-state index contributed by atoms with van der Waals surface area (Å²) in [5.74, 6) is 0.126. The number of carbonyl (C=O) groups excluding carboxylic acids is 1. The van der Waals surface area contributed by atoms with Crippen LogP contribution in [0.3, 0.4) is 0 Å². The highest BCUT2D eigenvalue weighted by molar-refractivity contribution is 5.96. The quantitative estimate of drug-likeness (QED) is 0.919. The Bertz CT molecular complexity index is 491. The Kier molecular flexibility index (Phi) is 4.53. The molecule has 0 bridgehead atoms. The predicted molar refractivity (Wildman–Crippen MR) is 79.9 cm³/mol. The molecular weight excluding hydrogens is 252 g/mol. The lowest BCUT2D eigenvalue weighted by molar-refractivity contribution is 0.0681. The first kappa shape index (κ1) is 15.1. The first-order chi connectivity index (χ1) is 9.45. The van der Waals surface area contributed by atoms with Crippen LogP contribution in [0.4, 0.5) is 0 Å². The molecule has 1 fully saturated rings. The number of aryl methyl sites for hydroxylation is 1. The number of carbonyl (C=O) groups is 1. The summed E-state index contributed by atoms with van der Waals surface area (Å²) in [6.45, 7) is 9.66. The molecule has 1 aliphatic heterocycles. The molecule has 2 rings (SSSR count). The minimum Gasteiger partial charge on any atom is -0.393 e. The lowest BCUT2D eigenvalue weighted by atomic mass is 10.1. The lowest BCUT2D eigenvalue weighted by Crippen LogP contribution is -2.37. The summed E-state index contributed by atoms with van der Waals surface area (Å²) in [5, 5.41) is 9.58. The molecule has 2 unspecified atom stereocenters. The first-order valence-electron chi connectivity index (χ1n) is 7.61. The van der Waals surface area contributed by atoms with E-state index in [0.29, 0.717) is 6.42 Å². The smallest absolute Gasteiger partial charge is 0.255 e. The largest absolute Gasteiger partial charge is 0.393 e. The number of hydrogen-bond acceptors (Lipinski definition) is 2. The van der Waals surface area contributed by atoms with Crippen molar-refractivity contribution in [2.24, 2.45) is 0 Å². The second-order valence-electron chi connectivity index (χ2n) is 5.91. The van der Waals surface area contributed by atoms with E-state index < -0.39 is 0 Å². The topological polar surface area (TPSA) is 45.5 Å². The number of aliphatic hydroxyl groups excluding tert-OH is 1. The van der Waals surface area contributed by atoms with E-state index >= 15 is 0 Å². The molecule has 0 aromatic carbocycles. The van der Waals surface area contributed by atoms with E-state index in [1.807, 2.05) is 24.8 Å². The van der Waals surface area contributed by atoms with Crippen molar-refractivity contribution in [1.82, 2.24) is 9.47 Å². The molecule has 1 aromatic heterocycles. The van der Waals surface area contributed by atoms with E-state index in [-0.39, 0.29) is 18.1 Å². The van der Waals surface area contributed by atoms with E-state index in [2.05, 4.69) is 11.5 Å². The molecule has 0 spiro atoms. The van der Waals surface area contributed by atoms with Crippen LogP contribution in [0.5, 0.6) is 0 Å². The van der Waals surface area contributed by atoms with Crippen molar-refractivity contribution in [3.8, 4) is 0 Å². The Balaban J connectivity index is 2.22. The van der Waals surface area contributed by atoms with Crippen molar-refractivity contribution in [2.45, 2.75) is 65.6 Å². The van der Waals surface area contributed by atoms with E-state index in [4.69, 9.17) is 0 Å². The van der Waals surface area contributed by atoms with Gasteiger partial charge in [0.25, 0.3) is 5.91 Å². The molecule has 1 amide bonds. The fourth-order valence-electron chi connectivity index (χ4n) is 3.40. The molecule has 1 aromatic rings. The normalized spacial score (nSPS) is 20.4. The highest BCUT2D eigenvalue weighted by Gasteiger charge is 2.31. The van der Waals surface area contributed by atoms with Gasteiger partial charge in [-0.05, 0) is 53.0 Å². The van der Waals surface area contributed by atoms with Crippen molar-refractivity contribution < 1.29 is 9.90 Å². The number of likely N-dealkylation sites (tertiary alicyclic amines) is 1. The summed E-state index contributed by atoms with van der Waals surface area (Å²) in [5.41, 5.74) is 3.01. The molecule has 112 valence electrons. The second kappa shape index (κ2) is 6.00. The summed E-state index contributed by atoms with van der Waals surface area (Å²) in [6.07, 6.45) is 2.37. The molecule has 1 aliphatic rings. The Labute approximate surface area is 121 Å². The molecule has 20 heavy (non-hydrogen) atoms. The van der Waals surface area contributed by atoms with E-state index in [0.717, 1.165) is 42.9 Å². The van der Waals surface area contributed by atoms with Gasteiger partial charge in [-0.1, -0.05) is 0 Å². The van der Waals surface area contributed by atoms with Gasteiger partial charge in [0.2, 0.25) is 0 Å². The third-order valence-electron chi connectivity index (χ3n) is 4.37. The maximum absolute atomic E-state index is 12.8. The van der Waals surface area contributed by atoms with Crippen LogP contribution in [0.2, 0.25) is 0 Å². The molecule has 0 radical (unpaired) electrons. The van der Waals surface area contributed by atoms with E-state index in [1.165, 1.54) is 0 Å². The molecule has 0 saturated carbocycles. The maximum atomic E-state index is 12.8. The Morgan fingerprint density at radius 3 is 2.75 bits per heavy atom. The van der Waals surface area contributed by atoms with Crippen LogP contribution in [0.1, 0.15) is 54.9 Å². The van der Waals surface area contributed by atoms with Crippen LogP contribution in [-0.2, 0) is 6.54 Å². The molecule has 2 heterocycles. The highest BCUT2D eigenvalue weighted by Crippen LogP contribution is 2.26. The lowest BCUT2D eigenvalue weighted by Gasteiger charge is -2.25. The number of rotatable bonds is 4. The van der Waals surface area contributed by atoms with Crippen molar-refractivity contribution in [3.63, 3.8) is 0 Å². The third-order valence-corrected chi connectivity index (χ3v) is 4.37. The van der Waals surface area contributed by atoms with Gasteiger partial charge in [0.05, 0.1) is 11.7 Å². The number of nitrogens with zero attached hydrogens (tertiary/aromatic N) is 2. The molecule has 4 heteroatoms. The van der Waals surface area contributed by atoms with Crippen LogP contribution >= 0.6 is 0 Å². The number of aliphatic hydroxyl groups is 1. The molecular formula is C16H26N2O2.